The Labute approximate surface area is 184 Å². The van der Waals surface area contributed by atoms with Crippen LogP contribution in [0.15, 0.2) is 70.3 Å². The molecule has 1 N–H and O–H groups in total. The number of rotatable bonds is 6. The number of sulfonamides is 1. The van der Waals surface area contributed by atoms with Crippen LogP contribution in [0.3, 0.4) is 0 Å². The summed E-state index contributed by atoms with van der Waals surface area (Å²) in [7, 11) is -3.83. The second-order valence-electron chi connectivity index (χ2n) is 7.00. The first-order valence-corrected chi connectivity index (χ1v) is 12.0. The SMILES string of the molecule is CC(OC(=O)c1ccccc1NS(=O)(=O)c1cccs1)C(=O)N1CCc2ccccc21. The van der Waals surface area contributed by atoms with Gasteiger partial charge in [0, 0.05) is 12.2 Å². The maximum absolute atomic E-state index is 12.9. The van der Waals surface area contributed by atoms with E-state index in [0.717, 1.165) is 29.0 Å². The number of anilines is 2. The van der Waals surface area contributed by atoms with Crippen LogP contribution in [-0.4, -0.2) is 32.9 Å². The Hall–Kier alpha value is -3.17. The largest absolute Gasteiger partial charge is 0.449 e. The zero-order valence-electron chi connectivity index (χ0n) is 16.6. The first-order valence-electron chi connectivity index (χ1n) is 9.62. The molecule has 9 heteroatoms. The smallest absolute Gasteiger partial charge is 0.341 e. The number of thiophene rings is 1. The Kier molecular flexibility index (Phi) is 5.79. The number of benzene rings is 2. The van der Waals surface area contributed by atoms with Crippen molar-refractivity contribution >= 4 is 44.6 Å². The van der Waals surface area contributed by atoms with Crippen molar-refractivity contribution in [1.29, 1.82) is 0 Å². The standard InChI is InChI=1S/C22H20N2O5S2/c1-15(21(25)24-13-12-16-7-2-5-10-19(16)24)29-22(26)17-8-3-4-9-18(17)23-31(27,28)20-11-6-14-30-20/h2-11,14-15,23H,12-13H2,1H3. The molecule has 1 atom stereocenters. The van der Waals surface area contributed by atoms with E-state index in [1.54, 1.807) is 28.5 Å². The lowest BCUT2D eigenvalue weighted by Gasteiger charge is -2.22. The maximum Gasteiger partial charge on any atom is 0.341 e. The zero-order valence-corrected chi connectivity index (χ0v) is 18.3. The van der Waals surface area contributed by atoms with Gasteiger partial charge in [-0.2, -0.15) is 0 Å². The number of carbonyl (C=O) groups excluding carboxylic acids is 2. The molecule has 2 aromatic carbocycles. The molecule has 0 fully saturated rings. The third kappa shape index (κ3) is 4.33. The monoisotopic (exact) mass is 456 g/mol. The van der Waals surface area contributed by atoms with Crippen LogP contribution in [0.25, 0.3) is 0 Å². The minimum absolute atomic E-state index is 0.0316. The summed E-state index contributed by atoms with van der Waals surface area (Å²) < 4.78 is 33.1. The highest BCUT2D eigenvalue weighted by Crippen LogP contribution is 2.29. The molecule has 1 aliphatic rings. The van der Waals surface area contributed by atoms with Crippen LogP contribution < -0.4 is 9.62 Å². The summed E-state index contributed by atoms with van der Waals surface area (Å²) in [6.45, 7) is 2.04. The molecular weight excluding hydrogens is 436 g/mol. The van der Waals surface area contributed by atoms with E-state index in [4.69, 9.17) is 4.74 Å². The Bertz CT molecular complexity index is 1220. The van der Waals surface area contributed by atoms with Gasteiger partial charge in [0.15, 0.2) is 6.10 Å². The van der Waals surface area contributed by atoms with E-state index in [1.165, 1.54) is 25.1 Å². The van der Waals surface area contributed by atoms with Gasteiger partial charge in [-0.25, -0.2) is 13.2 Å². The van der Waals surface area contributed by atoms with Crippen LogP contribution in [0.2, 0.25) is 0 Å². The second-order valence-corrected chi connectivity index (χ2v) is 9.86. The van der Waals surface area contributed by atoms with Gasteiger partial charge < -0.3 is 9.64 Å². The maximum atomic E-state index is 12.9. The van der Waals surface area contributed by atoms with E-state index in [-0.39, 0.29) is 21.4 Å². The van der Waals surface area contributed by atoms with Gasteiger partial charge in [-0.15, -0.1) is 11.3 Å². The van der Waals surface area contributed by atoms with Crippen molar-refractivity contribution in [3.05, 3.63) is 77.2 Å². The molecule has 2 heterocycles. The normalized spacial score (nSPS) is 14.0. The summed E-state index contributed by atoms with van der Waals surface area (Å²) in [4.78, 5) is 27.3. The number of hydrogen-bond donors (Lipinski definition) is 1. The minimum atomic E-state index is -3.83. The summed E-state index contributed by atoms with van der Waals surface area (Å²) in [5.74, 6) is -1.10. The van der Waals surface area contributed by atoms with Crippen molar-refractivity contribution in [2.24, 2.45) is 0 Å². The van der Waals surface area contributed by atoms with Crippen LogP contribution >= 0.6 is 11.3 Å². The van der Waals surface area contributed by atoms with Gasteiger partial charge in [-0.1, -0.05) is 36.4 Å². The average molecular weight is 457 g/mol. The van der Waals surface area contributed by atoms with E-state index in [1.807, 2.05) is 24.3 Å². The molecule has 7 nitrogen and oxygen atoms in total. The molecule has 1 aromatic heterocycles. The highest BCUT2D eigenvalue weighted by Gasteiger charge is 2.30. The van der Waals surface area contributed by atoms with Gasteiger partial charge in [0.05, 0.1) is 11.3 Å². The zero-order chi connectivity index (χ0) is 22.0. The number of nitrogens with zero attached hydrogens (tertiary/aromatic N) is 1. The van der Waals surface area contributed by atoms with Gasteiger partial charge in [-0.3, -0.25) is 9.52 Å². The third-order valence-electron chi connectivity index (χ3n) is 4.94. The molecule has 0 bridgehead atoms. The van der Waals surface area contributed by atoms with Crippen molar-refractivity contribution in [2.75, 3.05) is 16.2 Å². The molecule has 0 radical (unpaired) electrons. The fourth-order valence-electron chi connectivity index (χ4n) is 3.42. The molecule has 160 valence electrons. The van der Waals surface area contributed by atoms with Crippen molar-refractivity contribution in [3.63, 3.8) is 0 Å². The van der Waals surface area contributed by atoms with E-state index >= 15 is 0 Å². The van der Waals surface area contributed by atoms with E-state index < -0.39 is 22.1 Å². The van der Waals surface area contributed by atoms with Crippen LogP contribution in [0, 0.1) is 0 Å². The number of amides is 1. The highest BCUT2D eigenvalue weighted by molar-refractivity contribution is 7.94. The number of ether oxygens (including phenoxy) is 1. The third-order valence-corrected chi connectivity index (χ3v) is 7.70. The summed E-state index contributed by atoms with van der Waals surface area (Å²) in [6, 6.07) is 16.9. The predicted octanol–water partition coefficient (Wildman–Crippen LogP) is 3.68. The summed E-state index contributed by atoms with van der Waals surface area (Å²) >= 11 is 1.07. The van der Waals surface area contributed by atoms with Gasteiger partial charge in [-0.05, 0) is 48.6 Å². The fourth-order valence-corrected chi connectivity index (χ4v) is 5.50. The Morgan fingerprint density at radius 3 is 2.58 bits per heavy atom. The van der Waals surface area contributed by atoms with E-state index in [9.17, 15) is 18.0 Å². The summed E-state index contributed by atoms with van der Waals surface area (Å²) in [6.07, 6.45) is -0.281. The molecule has 0 saturated carbocycles. The Morgan fingerprint density at radius 2 is 1.81 bits per heavy atom. The minimum Gasteiger partial charge on any atom is -0.449 e. The topological polar surface area (TPSA) is 92.8 Å². The molecule has 1 unspecified atom stereocenters. The molecule has 3 aromatic rings. The van der Waals surface area contributed by atoms with E-state index in [0.29, 0.717) is 6.54 Å². The van der Waals surface area contributed by atoms with Crippen LogP contribution in [0.1, 0.15) is 22.8 Å². The number of carbonyl (C=O) groups is 2. The molecule has 0 aliphatic carbocycles. The van der Waals surface area contributed by atoms with Crippen molar-refractivity contribution < 1.29 is 22.7 Å². The average Bonchev–Trinajstić information content (AvgIpc) is 3.44. The number of para-hydroxylation sites is 2. The molecule has 1 aliphatic heterocycles. The number of esters is 1. The molecule has 31 heavy (non-hydrogen) atoms. The highest BCUT2D eigenvalue weighted by atomic mass is 32.2. The quantitative estimate of drug-likeness (QED) is 0.571. The Morgan fingerprint density at radius 1 is 1.06 bits per heavy atom. The van der Waals surface area contributed by atoms with Gasteiger partial charge in [0.25, 0.3) is 15.9 Å². The van der Waals surface area contributed by atoms with Crippen LogP contribution in [-0.2, 0) is 26.0 Å². The lowest BCUT2D eigenvalue weighted by Crippen LogP contribution is -2.39. The first-order chi connectivity index (χ1) is 14.9. The van der Waals surface area contributed by atoms with Gasteiger partial charge >= 0.3 is 5.97 Å². The number of nitrogens with one attached hydrogen (secondary N) is 1. The number of fused-ring (bicyclic) bond motifs is 1. The lowest BCUT2D eigenvalue weighted by molar-refractivity contribution is -0.126. The number of hydrogen-bond acceptors (Lipinski definition) is 6. The molecule has 0 spiro atoms. The van der Waals surface area contributed by atoms with Crippen molar-refractivity contribution in [3.8, 4) is 0 Å². The molecule has 0 saturated heterocycles. The molecule has 1 amide bonds. The van der Waals surface area contributed by atoms with Crippen molar-refractivity contribution in [1.82, 2.24) is 0 Å². The van der Waals surface area contributed by atoms with Crippen LogP contribution in [0.5, 0.6) is 0 Å². The van der Waals surface area contributed by atoms with Gasteiger partial charge in [0.1, 0.15) is 4.21 Å². The van der Waals surface area contributed by atoms with Crippen LogP contribution in [0.4, 0.5) is 11.4 Å². The summed E-state index contributed by atoms with van der Waals surface area (Å²) in [5.41, 5.74) is 2.01. The van der Waals surface area contributed by atoms with Gasteiger partial charge in [0.2, 0.25) is 0 Å². The Balaban J connectivity index is 1.50. The molecule has 4 rings (SSSR count). The second kappa shape index (κ2) is 8.52. The lowest BCUT2D eigenvalue weighted by atomic mass is 10.2. The first kappa shape index (κ1) is 21.1. The fraction of sp³-hybridized carbons (Fsp3) is 0.182. The summed E-state index contributed by atoms with van der Waals surface area (Å²) in [5, 5.41) is 1.65. The van der Waals surface area contributed by atoms with Crippen molar-refractivity contribution in [2.45, 2.75) is 23.7 Å². The van der Waals surface area contributed by atoms with E-state index in [2.05, 4.69) is 4.72 Å². The molecular formula is C22H20N2O5S2. The predicted molar refractivity (Wildman–Crippen MR) is 119 cm³/mol.